The molecule has 1 fully saturated rings. The monoisotopic (exact) mass is 284 g/mol. The van der Waals surface area contributed by atoms with E-state index in [1.807, 2.05) is 18.2 Å². The molecule has 0 spiro atoms. The maximum atomic E-state index is 6.53. The van der Waals surface area contributed by atoms with Crippen LogP contribution in [0.1, 0.15) is 36.6 Å². The Hall–Kier alpha value is -0.930. The fourth-order valence-electron chi connectivity index (χ4n) is 2.55. The molecule has 4 heteroatoms. The minimum absolute atomic E-state index is 0.0282. The zero-order chi connectivity index (χ0) is 13.9. The van der Waals surface area contributed by atoms with Gasteiger partial charge in [-0.25, -0.2) is 0 Å². The summed E-state index contributed by atoms with van der Waals surface area (Å²) in [6, 6.07) is 5.82. The molecular formula is C15H21ClO3. The highest BCUT2D eigenvalue weighted by molar-refractivity contribution is 6.20. The van der Waals surface area contributed by atoms with Crippen molar-refractivity contribution in [3.8, 4) is 11.5 Å². The Bertz CT molecular complexity index is 424. The molecule has 2 rings (SSSR count). The van der Waals surface area contributed by atoms with Crippen LogP contribution in [-0.2, 0) is 4.74 Å². The molecule has 0 bridgehead atoms. The van der Waals surface area contributed by atoms with E-state index in [1.54, 1.807) is 21.3 Å². The second kappa shape index (κ2) is 6.02. The van der Waals surface area contributed by atoms with Gasteiger partial charge in [-0.3, -0.25) is 0 Å². The van der Waals surface area contributed by atoms with Crippen molar-refractivity contribution in [2.24, 2.45) is 0 Å². The minimum atomic E-state index is -0.0694. The smallest absolute Gasteiger partial charge is 0.161 e. The Morgan fingerprint density at radius 1 is 1.16 bits per heavy atom. The van der Waals surface area contributed by atoms with Crippen molar-refractivity contribution in [2.45, 2.75) is 36.7 Å². The highest BCUT2D eigenvalue weighted by Crippen LogP contribution is 2.44. The van der Waals surface area contributed by atoms with Gasteiger partial charge in [-0.15, -0.1) is 11.6 Å². The standard InChI is InChI=1S/C15H21ClO3/c1-17-13-6-5-11(9-14(13)18-2)12(16)10-15(19-3)7-4-8-15/h5-6,9,12H,4,7-8,10H2,1-3H3. The number of rotatable bonds is 6. The maximum Gasteiger partial charge on any atom is 0.161 e. The van der Waals surface area contributed by atoms with E-state index < -0.39 is 0 Å². The van der Waals surface area contributed by atoms with Crippen molar-refractivity contribution in [1.29, 1.82) is 0 Å². The van der Waals surface area contributed by atoms with Crippen molar-refractivity contribution in [1.82, 2.24) is 0 Å². The molecule has 1 aromatic carbocycles. The number of hydrogen-bond donors (Lipinski definition) is 0. The first-order valence-electron chi connectivity index (χ1n) is 6.55. The van der Waals surface area contributed by atoms with Crippen LogP contribution in [0.4, 0.5) is 0 Å². The fourth-order valence-corrected chi connectivity index (χ4v) is 2.97. The van der Waals surface area contributed by atoms with Crippen LogP contribution in [0, 0.1) is 0 Å². The van der Waals surface area contributed by atoms with E-state index in [0.29, 0.717) is 5.75 Å². The van der Waals surface area contributed by atoms with Crippen molar-refractivity contribution in [2.75, 3.05) is 21.3 Å². The predicted molar refractivity (Wildman–Crippen MR) is 76.3 cm³/mol. The molecule has 1 aliphatic rings. The molecule has 106 valence electrons. The number of ether oxygens (including phenoxy) is 3. The molecule has 19 heavy (non-hydrogen) atoms. The van der Waals surface area contributed by atoms with Gasteiger partial charge >= 0.3 is 0 Å². The summed E-state index contributed by atoms with van der Waals surface area (Å²) >= 11 is 6.53. The van der Waals surface area contributed by atoms with Gasteiger partial charge in [0.15, 0.2) is 11.5 Å². The number of alkyl halides is 1. The molecule has 1 atom stereocenters. The van der Waals surface area contributed by atoms with Crippen molar-refractivity contribution >= 4 is 11.6 Å². The summed E-state index contributed by atoms with van der Waals surface area (Å²) in [7, 11) is 5.04. The molecule has 1 unspecified atom stereocenters. The van der Waals surface area contributed by atoms with E-state index in [-0.39, 0.29) is 11.0 Å². The minimum Gasteiger partial charge on any atom is -0.493 e. The van der Waals surface area contributed by atoms with Crippen LogP contribution >= 0.6 is 11.6 Å². The highest BCUT2D eigenvalue weighted by Gasteiger charge is 2.39. The lowest BCUT2D eigenvalue weighted by Crippen LogP contribution is -2.39. The number of halogens is 1. The molecule has 0 saturated heterocycles. The fraction of sp³-hybridized carbons (Fsp3) is 0.600. The normalized spacial score (nSPS) is 18.5. The van der Waals surface area contributed by atoms with Gasteiger partial charge in [0.05, 0.1) is 25.2 Å². The van der Waals surface area contributed by atoms with Crippen LogP contribution in [0.5, 0.6) is 11.5 Å². The van der Waals surface area contributed by atoms with Gasteiger partial charge < -0.3 is 14.2 Å². The van der Waals surface area contributed by atoms with E-state index >= 15 is 0 Å². The Labute approximate surface area is 119 Å². The molecule has 0 radical (unpaired) electrons. The average Bonchev–Trinajstić information content (AvgIpc) is 2.41. The second-order valence-electron chi connectivity index (χ2n) is 5.03. The summed E-state index contributed by atoms with van der Waals surface area (Å²) in [4.78, 5) is 0. The van der Waals surface area contributed by atoms with Crippen LogP contribution in [0.3, 0.4) is 0 Å². The topological polar surface area (TPSA) is 27.7 Å². The Kier molecular flexibility index (Phi) is 4.58. The van der Waals surface area contributed by atoms with Gasteiger partial charge in [0, 0.05) is 7.11 Å². The average molecular weight is 285 g/mol. The van der Waals surface area contributed by atoms with Gasteiger partial charge in [-0.2, -0.15) is 0 Å². The zero-order valence-electron chi connectivity index (χ0n) is 11.7. The molecule has 1 aromatic rings. The third kappa shape index (κ3) is 2.98. The lowest BCUT2D eigenvalue weighted by atomic mass is 9.76. The molecule has 0 amide bonds. The van der Waals surface area contributed by atoms with E-state index in [9.17, 15) is 0 Å². The molecule has 1 saturated carbocycles. The second-order valence-corrected chi connectivity index (χ2v) is 5.55. The molecular weight excluding hydrogens is 264 g/mol. The Morgan fingerprint density at radius 2 is 1.84 bits per heavy atom. The van der Waals surface area contributed by atoms with Crippen molar-refractivity contribution < 1.29 is 14.2 Å². The van der Waals surface area contributed by atoms with Crippen LogP contribution in [-0.4, -0.2) is 26.9 Å². The summed E-state index contributed by atoms with van der Waals surface area (Å²) in [5, 5.41) is -0.0694. The van der Waals surface area contributed by atoms with Crippen LogP contribution in [0.2, 0.25) is 0 Å². The summed E-state index contributed by atoms with van der Waals surface area (Å²) in [5.74, 6) is 1.44. The van der Waals surface area contributed by atoms with E-state index in [0.717, 1.165) is 30.6 Å². The summed E-state index contributed by atoms with van der Waals surface area (Å²) in [5.41, 5.74) is 1.02. The van der Waals surface area contributed by atoms with Gasteiger partial charge in [-0.1, -0.05) is 6.07 Å². The molecule has 0 aliphatic heterocycles. The molecule has 0 N–H and O–H groups in total. The van der Waals surface area contributed by atoms with Gasteiger partial charge in [0.2, 0.25) is 0 Å². The summed E-state index contributed by atoms with van der Waals surface area (Å²) in [6.07, 6.45) is 4.25. The highest BCUT2D eigenvalue weighted by atomic mass is 35.5. The van der Waals surface area contributed by atoms with Crippen LogP contribution in [0.25, 0.3) is 0 Å². The van der Waals surface area contributed by atoms with Gasteiger partial charge in [-0.05, 0) is 43.4 Å². The molecule has 0 aromatic heterocycles. The van der Waals surface area contributed by atoms with E-state index in [1.165, 1.54) is 6.42 Å². The quantitative estimate of drug-likeness (QED) is 0.741. The first-order valence-corrected chi connectivity index (χ1v) is 6.99. The Balaban J connectivity index is 2.12. The number of benzene rings is 1. The van der Waals surface area contributed by atoms with E-state index in [2.05, 4.69) is 0 Å². The largest absolute Gasteiger partial charge is 0.493 e. The molecule has 0 heterocycles. The van der Waals surface area contributed by atoms with Crippen molar-refractivity contribution in [3.63, 3.8) is 0 Å². The first kappa shape index (κ1) is 14.5. The van der Waals surface area contributed by atoms with Gasteiger partial charge in [0.1, 0.15) is 0 Å². The maximum absolute atomic E-state index is 6.53. The molecule has 3 nitrogen and oxygen atoms in total. The molecule has 1 aliphatic carbocycles. The third-order valence-corrected chi connectivity index (χ3v) is 4.42. The van der Waals surface area contributed by atoms with Crippen LogP contribution < -0.4 is 9.47 Å². The first-order chi connectivity index (χ1) is 9.14. The SMILES string of the molecule is COc1ccc(C(Cl)CC2(OC)CCC2)cc1OC. The van der Waals surface area contributed by atoms with Gasteiger partial charge in [0.25, 0.3) is 0 Å². The summed E-state index contributed by atoms with van der Waals surface area (Å²) < 4.78 is 16.2. The number of hydrogen-bond acceptors (Lipinski definition) is 3. The third-order valence-electron chi connectivity index (χ3n) is 4.02. The Morgan fingerprint density at radius 3 is 2.32 bits per heavy atom. The zero-order valence-corrected chi connectivity index (χ0v) is 12.5. The summed E-state index contributed by atoms with van der Waals surface area (Å²) in [6.45, 7) is 0. The number of methoxy groups -OCH3 is 3. The lowest BCUT2D eigenvalue weighted by molar-refractivity contribution is -0.0780. The lowest BCUT2D eigenvalue weighted by Gasteiger charge is -2.41. The van der Waals surface area contributed by atoms with Crippen molar-refractivity contribution in [3.05, 3.63) is 23.8 Å². The van der Waals surface area contributed by atoms with Crippen LogP contribution in [0.15, 0.2) is 18.2 Å². The predicted octanol–water partition coefficient (Wildman–Crippen LogP) is 3.94. The van der Waals surface area contributed by atoms with E-state index in [4.69, 9.17) is 25.8 Å².